The molecule has 2 amide bonds. The number of unbranched alkanes of at least 4 members (excludes halogenated alkanes) is 1. The van der Waals surface area contributed by atoms with Crippen molar-refractivity contribution in [3.8, 4) is 6.07 Å². The van der Waals surface area contributed by atoms with Crippen LogP contribution >= 0.6 is 11.5 Å². The average Bonchev–Trinajstić information content (AvgIpc) is 2.82. The largest absolute Gasteiger partial charge is 0.341 e. The minimum absolute atomic E-state index is 0.297. The number of anilines is 1. The lowest BCUT2D eigenvalue weighted by Gasteiger charge is -2.12. The second-order valence-corrected chi connectivity index (χ2v) is 5.11. The van der Waals surface area contributed by atoms with Gasteiger partial charge in [-0.25, -0.2) is 4.79 Å². The number of nitriles is 1. The highest BCUT2D eigenvalue weighted by Crippen LogP contribution is 2.33. The maximum absolute atomic E-state index is 11.3. The summed E-state index contributed by atoms with van der Waals surface area (Å²) in [6, 6.07) is 1.84. The summed E-state index contributed by atoms with van der Waals surface area (Å²) in [6.07, 6.45) is 4.24. The van der Waals surface area contributed by atoms with Crippen LogP contribution < -0.4 is 10.6 Å². The SMILES string of the molecule is CCCCC(CC)c1nsc(NC(=O)NC)c1C#N. The summed E-state index contributed by atoms with van der Waals surface area (Å²) < 4.78 is 4.38. The molecule has 1 unspecified atom stereocenters. The fraction of sp³-hybridized carbons (Fsp3) is 0.615. The molecule has 1 aromatic rings. The van der Waals surface area contributed by atoms with E-state index < -0.39 is 0 Å². The zero-order valence-electron chi connectivity index (χ0n) is 11.6. The molecular weight excluding hydrogens is 260 g/mol. The summed E-state index contributed by atoms with van der Waals surface area (Å²) in [7, 11) is 1.54. The molecule has 5 nitrogen and oxygen atoms in total. The van der Waals surface area contributed by atoms with Crippen LogP contribution in [-0.4, -0.2) is 17.5 Å². The third-order valence-electron chi connectivity index (χ3n) is 3.07. The molecule has 0 aliphatic carbocycles. The Bertz CT molecular complexity index is 464. The van der Waals surface area contributed by atoms with Gasteiger partial charge in [-0.2, -0.15) is 9.64 Å². The van der Waals surface area contributed by atoms with Crippen LogP contribution in [-0.2, 0) is 0 Å². The molecule has 0 bridgehead atoms. The third-order valence-corrected chi connectivity index (χ3v) is 3.85. The van der Waals surface area contributed by atoms with Crippen LogP contribution in [0.4, 0.5) is 9.80 Å². The first kappa shape index (κ1) is 15.4. The first-order chi connectivity index (χ1) is 9.17. The van der Waals surface area contributed by atoms with Gasteiger partial charge in [-0.05, 0) is 24.4 Å². The highest BCUT2D eigenvalue weighted by molar-refractivity contribution is 7.10. The Hall–Kier alpha value is -1.61. The van der Waals surface area contributed by atoms with Crippen LogP contribution in [0.3, 0.4) is 0 Å². The van der Waals surface area contributed by atoms with Gasteiger partial charge in [-0.1, -0.05) is 26.7 Å². The third kappa shape index (κ3) is 3.93. The maximum atomic E-state index is 11.3. The molecule has 0 aliphatic heterocycles. The van der Waals surface area contributed by atoms with E-state index in [2.05, 4.69) is 34.9 Å². The molecule has 2 N–H and O–H groups in total. The Labute approximate surface area is 118 Å². The molecule has 19 heavy (non-hydrogen) atoms. The van der Waals surface area contributed by atoms with Crippen LogP contribution in [0, 0.1) is 11.3 Å². The number of urea groups is 1. The topological polar surface area (TPSA) is 77.8 Å². The van der Waals surface area contributed by atoms with E-state index in [1.165, 1.54) is 11.5 Å². The minimum atomic E-state index is -0.326. The van der Waals surface area contributed by atoms with E-state index in [0.717, 1.165) is 31.4 Å². The summed E-state index contributed by atoms with van der Waals surface area (Å²) in [5, 5.41) is 14.9. The summed E-state index contributed by atoms with van der Waals surface area (Å²) in [5.41, 5.74) is 1.34. The van der Waals surface area contributed by atoms with Crippen molar-refractivity contribution >= 4 is 22.6 Å². The molecule has 0 aliphatic rings. The van der Waals surface area contributed by atoms with Gasteiger partial charge < -0.3 is 5.32 Å². The van der Waals surface area contributed by atoms with Crippen molar-refractivity contribution in [2.45, 2.75) is 45.4 Å². The van der Waals surface area contributed by atoms with Crippen molar-refractivity contribution in [1.82, 2.24) is 9.69 Å². The standard InChI is InChI=1S/C13H20N4OS/c1-4-6-7-9(5-2)11-10(8-14)12(19-17-11)16-13(18)15-3/h9H,4-7H2,1-3H3,(H2,15,16,18). The highest BCUT2D eigenvalue weighted by Gasteiger charge is 2.21. The van der Waals surface area contributed by atoms with E-state index in [-0.39, 0.29) is 6.03 Å². The molecular formula is C13H20N4OS. The van der Waals surface area contributed by atoms with Crippen LogP contribution in [0.15, 0.2) is 0 Å². The smallest absolute Gasteiger partial charge is 0.319 e. The zero-order chi connectivity index (χ0) is 14.3. The second kappa shape index (κ2) is 7.74. The van der Waals surface area contributed by atoms with Gasteiger partial charge in [-0.15, -0.1) is 0 Å². The predicted molar refractivity (Wildman–Crippen MR) is 77.5 cm³/mol. The fourth-order valence-electron chi connectivity index (χ4n) is 1.92. The number of carbonyl (C=O) groups is 1. The molecule has 0 fully saturated rings. The van der Waals surface area contributed by atoms with Gasteiger partial charge in [-0.3, -0.25) is 5.32 Å². The van der Waals surface area contributed by atoms with Crippen molar-refractivity contribution in [1.29, 1.82) is 5.26 Å². The molecule has 1 heterocycles. The van der Waals surface area contributed by atoms with Crippen molar-refractivity contribution in [2.75, 3.05) is 12.4 Å². The number of carbonyl (C=O) groups excluding carboxylic acids is 1. The number of aromatic nitrogens is 1. The molecule has 104 valence electrons. The number of nitrogens with zero attached hydrogens (tertiary/aromatic N) is 2. The van der Waals surface area contributed by atoms with Gasteiger partial charge in [0.2, 0.25) is 0 Å². The first-order valence-electron chi connectivity index (χ1n) is 6.56. The maximum Gasteiger partial charge on any atom is 0.319 e. The molecule has 6 heteroatoms. The van der Waals surface area contributed by atoms with E-state index in [9.17, 15) is 10.1 Å². The Balaban J connectivity index is 2.95. The van der Waals surface area contributed by atoms with Crippen LogP contribution in [0.5, 0.6) is 0 Å². The van der Waals surface area contributed by atoms with Gasteiger partial charge >= 0.3 is 6.03 Å². The van der Waals surface area contributed by atoms with Crippen molar-refractivity contribution < 1.29 is 4.79 Å². The number of rotatable bonds is 6. The lowest BCUT2D eigenvalue weighted by atomic mass is 9.93. The van der Waals surface area contributed by atoms with Crippen LogP contribution in [0.1, 0.15) is 56.7 Å². The minimum Gasteiger partial charge on any atom is -0.341 e. The molecule has 0 radical (unpaired) electrons. The van der Waals surface area contributed by atoms with Gasteiger partial charge in [0, 0.05) is 13.0 Å². The first-order valence-corrected chi connectivity index (χ1v) is 7.33. The fourth-order valence-corrected chi connectivity index (χ4v) is 2.73. The molecule has 1 rings (SSSR count). The summed E-state index contributed by atoms with van der Waals surface area (Å²) in [5.74, 6) is 0.297. The molecule has 0 saturated carbocycles. The lowest BCUT2D eigenvalue weighted by molar-refractivity contribution is 0.254. The van der Waals surface area contributed by atoms with Crippen LogP contribution in [0.25, 0.3) is 0 Å². The van der Waals surface area contributed by atoms with Gasteiger partial charge in [0.25, 0.3) is 0 Å². The number of nitrogens with one attached hydrogen (secondary N) is 2. The monoisotopic (exact) mass is 280 g/mol. The Morgan fingerprint density at radius 3 is 2.79 bits per heavy atom. The van der Waals surface area contributed by atoms with E-state index >= 15 is 0 Å². The number of hydrogen-bond donors (Lipinski definition) is 2. The van der Waals surface area contributed by atoms with E-state index in [1.54, 1.807) is 7.05 Å². The Kier molecular flexibility index (Phi) is 6.30. The van der Waals surface area contributed by atoms with Gasteiger partial charge in [0.05, 0.1) is 5.69 Å². The summed E-state index contributed by atoms with van der Waals surface area (Å²) in [6.45, 7) is 4.25. The average molecular weight is 280 g/mol. The Morgan fingerprint density at radius 2 is 2.26 bits per heavy atom. The molecule has 0 spiro atoms. The van der Waals surface area contributed by atoms with Crippen molar-refractivity contribution in [3.63, 3.8) is 0 Å². The predicted octanol–water partition coefficient (Wildman–Crippen LogP) is 3.45. The Morgan fingerprint density at radius 1 is 1.53 bits per heavy atom. The van der Waals surface area contributed by atoms with E-state index in [4.69, 9.17) is 0 Å². The molecule has 0 aromatic carbocycles. The quantitative estimate of drug-likeness (QED) is 0.837. The summed E-state index contributed by atoms with van der Waals surface area (Å²) >= 11 is 1.18. The van der Waals surface area contributed by atoms with Gasteiger partial charge in [0.15, 0.2) is 0 Å². The summed E-state index contributed by atoms with van der Waals surface area (Å²) in [4.78, 5) is 11.3. The van der Waals surface area contributed by atoms with E-state index in [0.29, 0.717) is 16.5 Å². The van der Waals surface area contributed by atoms with Gasteiger partial charge in [0.1, 0.15) is 16.6 Å². The van der Waals surface area contributed by atoms with Crippen LogP contribution in [0.2, 0.25) is 0 Å². The number of amides is 2. The second-order valence-electron chi connectivity index (χ2n) is 4.34. The zero-order valence-corrected chi connectivity index (χ0v) is 12.4. The number of hydrogen-bond acceptors (Lipinski definition) is 4. The molecule has 1 aromatic heterocycles. The van der Waals surface area contributed by atoms with E-state index in [1.807, 2.05) is 0 Å². The highest BCUT2D eigenvalue weighted by atomic mass is 32.1. The van der Waals surface area contributed by atoms with Crippen molar-refractivity contribution in [3.05, 3.63) is 11.3 Å². The normalized spacial score (nSPS) is 11.7. The molecule has 0 saturated heterocycles. The molecule has 1 atom stereocenters. The lowest BCUT2D eigenvalue weighted by Crippen LogP contribution is -2.24. The van der Waals surface area contributed by atoms with Crippen molar-refractivity contribution in [2.24, 2.45) is 0 Å².